The van der Waals surface area contributed by atoms with Crippen LogP contribution in [-0.2, 0) is 6.42 Å². The maximum atomic E-state index is 9.70. The Morgan fingerprint density at radius 2 is 2.18 bits per heavy atom. The lowest BCUT2D eigenvalue weighted by atomic mass is 9.76. The molecule has 0 radical (unpaired) electrons. The molecule has 1 unspecified atom stereocenters. The number of aromatic nitrogens is 1. The summed E-state index contributed by atoms with van der Waals surface area (Å²) in [5.41, 5.74) is 1.06. The third-order valence-electron chi connectivity index (χ3n) is 3.57. The molecule has 1 rings (SSSR count). The summed E-state index contributed by atoms with van der Waals surface area (Å²) in [5.74, 6) is 0. The van der Waals surface area contributed by atoms with Gasteiger partial charge >= 0.3 is 0 Å². The predicted molar refractivity (Wildman–Crippen MR) is 72.3 cm³/mol. The van der Waals surface area contributed by atoms with Crippen LogP contribution in [0, 0.1) is 5.41 Å². The van der Waals surface area contributed by atoms with Crippen molar-refractivity contribution in [2.45, 2.75) is 46.0 Å². The van der Waals surface area contributed by atoms with Crippen LogP contribution in [0.2, 0.25) is 5.02 Å². The molecule has 1 aromatic heterocycles. The molecule has 17 heavy (non-hydrogen) atoms. The molecular formula is C14H22ClNO. The molecule has 1 aromatic rings. The second-order valence-electron chi connectivity index (χ2n) is 4.76. The Bertz CT molecular complexity index is 337. The number of rotatable bonds is 7. The monoisotopic (exact) mass is 255 g/mol. The maximum absolute atomic E-state index is 9.70. The summed E-state index contributed by atoms with van der Waals surface area (Å²) in [6.45, 7) is 4.54. The molecule has 0 bridgehead atoms. The van der Waals surface area contributed by atoms with E-state index in [1.54, 1.807) is 12.4 Å². The largest absolute Gasteiger partial charge is 0.396 e. The van der Waals surface area contributed by atoms with Gasteiger partial charge in [0.15, 0.2) is 0 Å². The van der Waals surface area contributed by atoms with Crippen molar-refractivity contribution in [1.82, 2.24) is 4.98 Å². The highest BCUT2D eigenvalue weighted by molar-refractivity contribution is 6.31. The first-order valence-electron chi connectivity index (χ1n) is 6.36. The van der Waals surface area contributed by atoms with E-state index < -0.39 is 0 Å². The lowest BCUT2D eigenvalue weighted by Crippen LogP contribution is -2.27. The Morgan fingerprint density at radius 3 is 2.71 bits per heavy atom. The third-order valence-corrected chi connectivity index (χ3v) is 3.91. The van der Waals surface area contributed by atoms with E-state index in [0.29, 0.717) is 5.02 Å². The van der Waals surface area contributed by atoms with Gasteiger partial charge in [-0.15, -0.1) is 0 Å². The van der Waals surface area contributed by atoms with Crippen molar-refractivity contribution in [3.63, 3.8) is 0 Å². The Hall–Kier alpha value is -0.600. The number of halogens is 1. The van der Waals surface area contributed by atoms with Crippen LogP contribution >= 0.6 is 11.6 Å². The van der Waals surface area contributed by atoms with E-state index in [0.717, 1.165) is 37.7 Å². The van der Waals surface area contributed by atoms with E-state index >= 15 is 0 Å². The van der Waals surface area contributed by atoms with Crippen LogP contribution in [0.5, 0.6) is 0 Å². The third kappa shape index (κ3) is 3.97. The van der Waals surface area contributed by atoms with Gasteiger partial charge in [-0.2, -0.15) is 0 Å². The van der Waals surface area contributed by atoms with Crippen LogP contribution in [0.15, 0.2) is 18.5 Å². The average Bonchev–Trinajstić information content (AvgIpc) is 2.37. The first kappa shape index (κ1) is 14.5. The molecule has 0 saturated heterocycles. The topological polar surface area (TPSA) is 33.1 Å². The summed E-state index contributed by atoms with van der Waals surface area (Å²) in [5, 5.41) is 10.4. The normalized spacial score (nSPS) is 14.6. The average molecular weight is 256 g/mol. The molecule has 0 spiro atoms. The highest BCUT2D eigenvalue weighted by atomic mass is 35.5. The SMILES string of the molecule is CCCCC(CC)(CO)Cc1ccncc1Cl. The Labute approximate surface area is 109 Å². The van der Waals surface area contributed by atoms with Gasteiger partial charge in [0.05, 0.1) is 5.02 Å². The van der Waals surface area contributed by atoms with Crippen molar-refractivity contribution < 1.29 is 5.11 Å². The second kappa shape index (κ2) is 6.97. The summed E-state index contributed by atoms with van der Waals surface area (Å²) in [7, 11) is 0. The molecule has 1 atom stereocenters. The Balaban J connectivity index is 2.82. The van der Waals surface area contributed by atoms with Crippen LogP contribution in [0.4, 0.5) is 0 Å². The predicted octanol–water partition coefficient (Wildman–Crippen LogP) is 3.86. The summed E-state index contributed by atoms with van der Waals surface area (Å²) >= 11 is 6.13. The minimum atomic E-state index is -0.0268. The molecule has 3 heteroatoms. The summed E-state index contributed by atoms with van der Waals surface area (Å²) < 4.78 is 0. The number of hydrogen-bond donors (Lipinski definition) is 1. The van der Waals surface area contributed by atoms with E-state index in [9.17, 15) is 5.11 Å². The molecule has 2 nitrogen and oxygen atoms in total. The number of aliphatic hydroxyl groups excluding tert-OH is 1. The van der Waals surface area contributed by atoms with Crippen molar-refractivity contribution in [1.29, 1.82) is 0 Å². The quantitative estimate of drug-likeness (QED) is 0.803. The van der Waals surface area contributed by atoms with E-state index in [1.807, 2.05) is 6.07 Å². The minimum Gasteiger partial charge on any atom is -0.396 e. The van der Waals surface area contributed by atoms with Crippen molar-refractivity contribution in [2.24, 2.45) is 5.41 Å². The van der Waals surface area contributed by atoms with Gasteiger partial charge in [0.25, 0.3) is 0 Å². The van der Waals surface area contributed by atoms with Gasteiger partial charge in [-0.05, 0) is 36.3 Å². The van der Waals surface area contributed by atoms with Gasteiger partial charge in [0, 0.05) is 19.0 Å². The number of nitrogens with zero attached hydrogens (tertiary/aromatic N) is 1. The zero-order valence-corrected chi connectivity index (χ0v) is 11.5. The summed E-state index contributed by atoms with van der Waals surface area (Å²) in [4.78, 5) is 3.99. The zero-order valence-electron chi connectivity index (χ0n) is 10.7. The molecule has 1 heterocycles. The van der Waals surface area contributed by atoms with Gasteiger partial charge < -0.3 is 5.11 Å². The lowest BCUT2D eigenvalue weighted by molar-refractivity contribution is 0.107. The van der Waals surface area contributed by atoms with Crippen LogP contribution in [0.1, 0.15) is 45.1 Å². The Morgan fingerprint density at radius 1 is 1.41 bits per heavy atom. The molecule has 0 fully saturated rings. The second-order valence-corrected chi connectivity index (χ2v) is 5.17. The number of pyridine rings is 1. The minimum absolute atomic E-state index is 0.0268. The van der Waals surface area contributed by atoms with Gasteiger partial charge in [0.1, 0.15) is 0 Å². The zero-order chi connectivity index (χ0) is 12.7. The van der Waals surface area contributed by atoms with Crippen molar-refractivity contribution >= 4 is 11.6 Å². The Kier molecular flexibility index (Phi) is 5.93. The van der Waals surface area contributed by atoms with Crippen LogP contribution in [-0.4, -0.2) is 16.7 Å². The summed E-state index contributed by atoms with van der Waals surface area (Å²) in [6, 6.07) is 1.95. The summed E-state index contributed by atoms with van der Waals surface area (Å²) in [6.07, 6.45) is 8.61. The molecular weight excluding hydrogens is 234 g/mol. The molecule has 0 aromatic carbocycles. The van der Waals surface area contributed by atoms with Crippen molar-refractivity contribution in [2.75, 3.05) is 6.61 Å². The number of hydrogen-bond acceptors (Lipinski definition) is 2. The van der Waals surface area contributed by atoms with E-state index in [2.05, 4.69) is 18.8 Å². The molecule has 0 aliphatic carbocycles. The van der Waals surface area contributed by atoms with Crippen molar-refractivity contribution in [3.05, 3.63) is 29.0 Å². The highest BCUT2D eigenvalue weighted by Gasteiger charge is 2.27. The first-order chi connectivity index (χ1) is 8.17. The van der Waals surface area contributed by atoms with Crippen LogP contribution in [0.3, 0.4) is 0 Å². The fourth-order valence-corrected chi connectivity index (χ4v) is 2.33. The molecule has 1 N–H and O–H groups in total. The number of aliphatic hydroxyl groups is 1. The molecule has 96 valence electrons. The fraction of sp³-hybridized carbons (Fsp3) is 0.643. The number of unbranched alkanes of at least 4 members (excludes halogenated alkanes) is 1. The lowest BCUT2D eigenvalue weighted by Gasteiger charge is -2.31. The van der Waals surface area contributed by atoms with Gasteiger partial charge in [-0.25, -0.2) is 0 Å². The molecule has 0 amide bonds. The maximum Gasteiger partial charge on any atom is 0.0621 e. The molecule has 0 saturated carbocycles. The smallest absolute Gasteiger partial charge is 0.0621 e. The first-order valence-corrected chi connectivity index (χ1v) is 6.74. The van der Waals surface area contributed by atoms with Gasteiger partial charge in [-0.1, -0.05) is 38.3 Å². The molecule has 0 aliphatic heterocycles. The van der Waals surface area contributed by atoms with Gasteiger partial charge in [0.2, 0.25) is 0 Å². The van der Waals surface area contributed by atoms with Gasteiger partial charge in [-0.3, -0.25) is 4.98 Å². The van der Waals surface area contributed by atoms with E-state index in [4.69, 9.17) is 11.6 Å². The standard InChI is InChI=1S/C14H22ClNO/c1-3-5-7-14(4-2,11-17)9-12-6-8-16-10-13(12)15/h6,8,10,17H,3-5,7,9,11H2,1-2H3. The van der Waals surface area contributed by atoms with E-state index in [-0.39, 0.29) is 12.0 Å². The van der Waals surface area contributed by atoms with Crippen LogP contribution in [0.25, 0.3) is 0 Å². The van der Waals surface area contributed by atoms with Crippen LogP contribution < -0.4 is 0 Å². The van der Waals surface area contributed by atoms with Crippen molar-refractivity contribution in [3.8, 4) is 0 Å². The fourth-order valence-electron chi connectivity index (χ4n) is 2.14. The molecule has 0 aliphatic rings. The van der Waals surface area contributed by atoms with E-state index in [1.165, 1.54) is 0 Å². The highest BCUT2D eigenvalue weighted by Crippen LogP contribution is 2.34.